The van der Waals surface area contributed by atoms with Gasteiger partial charge in [0.25, 0.3) is 0 Å². The van der Waals surface area contributed by atoms with E-state index in [0.29, 0.717) is 62.6 Å². The summed E-state index contributed by atoms with van der Waals surface area (Å²) in [6.45, 7) is 43.3. The molecule has 0 heterocycles. The number of benzene rings is 3. The van der Waals surface area contributed by atoms with E-state index in [1.165, 1.54) is 73.6 Å². The van der Waals surface area contributed by atoms with Crippen molar-refractivity contribution in [1.29, 1.82) is 0 Å². The number of carbonyl (C=O) groups is 2. The number of hydrogen-bond donors (Lipinski definition) is 0. The molecule has 0 atom stereocenters. The molecular formula is C66H104O7Si2. The average molecular weight is 1070 g/mol. The second kappa shape index (κ2) is 29.3. The Balaban J connectivity index is 1.76. The van der Waals surface area contributed by atoms with E-state index in [1.807, 2.05) is 0 Å². The summed E-state index contributed by atoms with van der Waals surface area (Å²) in [6.07, 6.45) is 18.1. The third-order valence-electron chi connectivity index (χ3n) is 17.2. The minimum absolute atomic E-state index is 0.0686. The van der Waals surface area contributed by atoms with Gasteiger partial charge in [-0.25, -0.2) is 9.59 Å². The number of carbonyl (C=O) groups excluding carboxylic acids is 2. The quantitative estimate of drug-likeness (QED) is 0.0275. The van der Waals surface area contributed by atoms with Gasteiger partial charge in [-0.1, -0.05) is 156 Å². The molecule has 3 aromatic carbocycles. The van der Waals surface area contributed by atoms with Gasteiger partial charge in [-0.15, -0.1) is 0 Å². The molecule has 1 saturated carbocycles. The van der Waals surface area contributed by atoms with E-state index in [1.54, 1.807) is 13.8 Å². The van der Waals surface area contributed by atoms with Crippen LogP contribution in [-0.4, -0.2) is 61.6 Å². The number of aryl methyl sites for hydroxylation is 3. The fourth-order valence-electron chi connectivity index (χ4n) is 9.81. The van der Waals surface area contributed by atoms with Crippen LogP contribution in [0.15, 0.2) is 78.9 Å². The normalized spacial score (nSPS) is 15.7. The van der Waals surface area contributed by atoms with Gasteiger partial charge in [0.2, 0.25) is 0 Å². The van der Waals surface area contributed by atoms with E-state index < -0.39 is 16.6 Å². The van der Waals surface area contributed by atoms with Crippen LogP contribution in [0.5, 0.6) is 5.75 Å². The molecule has 0 spiro atoms. The maximum atomic E-state index is 12.5. The maximum absolute atomic E-state index is 12.5. The van der Waals surface area contributed by atoms with Crippen LogP contribution in [-0.2, 0) is 47.2 Å². The van der Waals surface area contributed by atoms with Crippen molar-refractivity contribution in [2.45, 2.75) is 227 Å². The van der Waals surface area contributed by atoms with Crippen LogP contribution in [0.2, 0.25) is 36.3 Å². The number of unbranched alkanes of at least 4 members (excludes halogenated alkanes) is 3. The fourth-order valence-corrected chi connectivity index (χ4v) is 12.0. The number of esters is 2. The minimum atomic E-state index is -2.11. The third-order valence-corrected chi connectivity index (χ3v) is 26.1. The molecule has 1 fully saturated rings. The van der Waals surface area contributed by atoms with Crippen LogP contribution in [0.25, 0.3) is 22.3 Å². The van der Waals surface area contributed by atoms with Gasteiger partial charge in [0.15, 0.2) is 16.6 Å². The summed E-state index contributed by atoms with van der Waals surface area (Å²) in [5.41, 5.74) is 10.2. The first-order valence-electron chi connectivity index (χ1n) is 29.2. The van der Waals surface area contributed by atoms with Gasteiger partial charge in [0.1, 0.15) is 5.75 Å². The molecule has 4 rings (SSSR count). The first-order chi connectivity index (χ1) is 35.3. The molecule has 9 heteroatoms. The SMILES string of the molecule is C=C(C)C(=O)OCCCc1cc(-c2ccc(-c3ccc(C4CCC(CCCCC)CC4)cc3)c(CC)c2)cc(CCCOC(=O)C(=C)C)c1OCCC(CCCC)(CO[Si](C)(C)C(C)(C)C)CO[Si](C)(C)C(C)(C)C. The van der Waals surface area contributed by atoms with Crippen molar-refractivity contribution < 1.29 is 32.7 Å². The van der Waals surface area contributed by atoms with Crippen LogP contribution in [0, 0.1) is 11.3 Å². The molecule has 7 nitrogen and oxygen atoms in total. The van der Waals surface area contributed by atoms with Gasteiger partial charge >= 0.3 is 11.9 Å². The van der Waals surface area contributed by atoms with Gasteiger partial charge in [-0.3, -0.25) is 0 Å². The van der Waals surface area contributed by atoms with Crippen LogP contribution in [0.1, 0.15) is 194 Å². The summed E-state index contributed by atoms with van der Waals surface area (Å²) in [5.74, 6) is 1.66. The lowest BCUT2D eigenvalue weighted by molar-refractivity contribution is -0.139. The van der Waals surface area contributed by atoms with E-state index >= 15 is 0 Å². The van der Waals surface area contributed by atoms with Crippen LogP contribution in [0.4, 0.5) is 0 Å². The largest absolute Gasteiger partial charge is 0.493 e. The Labute approximate surface area is 460 Å². The van der Waals surface area contributed by atoms with E-state index in [0.717, 1.165) is 66.0 Å². The van der Waals surface area contributed by atoms with Crippen molar-refractivity contribution in [2.24, 2.45) is 11.3 Å². The molecule has 418 valence electrons. The van der Waals surface area contributed by atoms with Crippen molar-refractivity contribution in [3.63, 3.8) is 0 Å². The highest BCUT2D eigenvalue weighted by molar-refractivity contribution is 6.74. The highest BCUT2D eigenvalue weighted by Gasteiger charge is 2.43. The summed E-state index contributed by atoms with van der Waals surface area (Å²) >= 11 is 0. The first-order valence-corrected chi connectivity index (χ1v) is 35.0. The Morgan fingerprint density at radius 3 is 1.55 bits per heavy atom. The van der Waals surface area contributed by atoms with Gasteiger partial charge < -0.3 is 23.1 Å². The van der Waals surface area contributed by atoms with Crippen LogP contribution in [0.3, 0.4) is 0 Å². The molecular weight excluding hydrogens is 961 g/mol. The molecule has 75 heavy (non-hydrogen) atoms. The average Bonchev–Trinajstić information content (AvgIpc) is 3.36. The van der Waals surface area contributed by atoms with E-state index in [-0.39, 0.29) is 40.6 Å². The lowest BCUT2D eigenvalue weighted by Gasteiger charge is -2.44. The second-order valence-corrected chi connectivity index (χ2v) is 35.1. The zero-order chi connectivity index (χ0) is 55.6. The molecule has 3 aromatic rings. The lowest BCUT2D eigenvalue weighted by Crippen LogP contribution is -2.48. The molecule has 0 N–H and O–H groups in total. The summed E-state index contributed by atoms with van der Waals surface area (Å²) in [7, 11) is -4.21. The number of rotatable bonds is 31. The molecule has 0 unspecified atom stereocenters. The highest BCUT2D eigenvalue weighted by atomic mass is 28.4. The number of ether oxygens (including phenoxy) is 3. The fraction of sp³-hybridized carbons (Fsp3) is 0.636. The van der Waals surface area contributed by atoms with E-state index in [2.05, 4.69) is 156 Å². The van der Waals surface area contributed by atoms with Crippen molar-refractivity contribution in [3.8, 4) is 28.0 Å². The van der Waals surface area contributed by atoms with E-state index in [9.17, 15) is 9.59 Å². The van der Waals surface area contributed by atoms with Gasteiger partial charge in [0.05, 0.1) is 19.8 Å². The first kappa shape index (κ1) is 63.8. The summed E-state index contributed by atoms with van der Waals surface area (Å²) < 4.78 is 32.8. The molecule has 0 aliphatic heterocycles. The molecule has 0 bridgehead atoms. The predicted molar refractivity (Wildman–Crippen MR) is 322 cm³/mol. The molecule has 0 radical (unpaired) electrons. The Morgan fingerprint density at radius 2 is 1.08 bits per heavy atom. The Bertz CT molecular complexity index is 2200. The molecule has 0 saturated heterocycles. The topological polar surface area (TPSA) is 80.3 Å². The molecule has 0 amide bonds. The number of hydrogen-bond acceptors (Lipinski definition) is 7. The Morgan fingerprint density at radius 1 is 0.587 bits per heavy atom. The third kappa shape index (κ3) is 19.3. The summed E-state index contributed by atoms with van der Waals surface area (Å²) in [4.78, 5) is 25.1. The van der Waals surface area contributed by atoms with Crippen molar-refractivity contribution >= 4 is 28.6 Å². The smallest absolute Gasteiger partial charge is 0.333 e. The highest BCUT2D eigenvalue weighted by Crippen LogP contribution is 2.44. The second-order valence-electron chi connectivity index (χ2n) is 25.5. The summed E-state index contributed by atoms with van der Waals surface area (Å²) in [5, 5.41) is 0.137. The Hall–Kier alpha value is -3.77. The Kier molecular flexibility index (Phi) is 24.9. The maximum Gasteiger partial charge on any atom is 0.333 e. The minimum Gasteiger partial charge on any atom is -0.493 e. The van der Waals surface area contributed by atoms with Crippen molar-refractivity contribution in [2.75, 3.05) is 33.0 Å². The zero-order valence-corrected chi connectivity index (χ0v) is 52.2. The zero-order valence-electron chi connectivity index (χ0n) is 50.2. The van der Waals surface area contributed by atoms with Crippen molar-refractivity contribution in [1.82, 2.24) is 0 Å². The van der Waals surface area contributed by atoms with Gasteiger partial charge in [-0.2, -0.15) is 0 Å². The molecule has 1 aliphatic carbocycles. The lowest BCUT2D eigenvalue weighted by atomic mass is 9.77. The summed E-state index contributed by atoms with van der Waals surface area (Å²) in [6, 6.07) is 21.0. The standard InChI is InChI=1S/C66H104O7Si2/c1-18-21-23-26-51-29-31-53(32-30-51)54-33-35-55(36-34-54)60-38-37-56(44-52(60)20-3)59-45-57(27-24-41-70-62(67)49(4)5)61(58(46-59)28-25-42-71-63(68)50(6)7)69-43-40-66(39-22-19-2,47-72-74(14,15)64(8,9)10)48-73-75(16,17)65(11,12)13/h33-38,44-46,51,53H,4,6,18-32,39-43,47-48H2,1-3,5,7-17H3. The van der Waals surface area contributed by atoms with Crippen LogP contribution < -0.4 is 4.74 Å². The predicted octanol–water partition coefficient (Wildman–Crippen LogP) is 18.5. The molecule has 1 aliphatic rings. The van der Waals surface area contributed by atoms with Crippen molar-refractivity contribution in [3.05, 3.63) is 101 Å². The van der Waals surface area contributed by atoms with Gasteiger partial charge in [0, 0.05) is 29.8 Å². The van der Waals surface area contributed by atoms with Gasteiger partial charge in [-0.05, 0) is 189 Å². The molecule has 0 aromatic heterocycles. The van der Waals surface area contributed by atoms with E-state index in [4.69, 9.17) is 23.1 Å². The van der Waals surface area contributed by atoms with Crippen LogP contribution >= 0.6 is 0 Å². The monoisotopic (exact) mass is 1060 g/mol.